The van der Waals surface area contributed by atoms with E-state index in [1.54, 1.807) is 0 Å². The molecule has 3 heteroatoms. The molecule has 20 heavy (non-hydrogen) atoms. The Morgan fingerprint density at radius 1 is 1.40 bits per heavy atom. The van der Waals surface area contributed by atoms with Crippen LogP contribution in [0.2, 0.25) is 0 Å². The first-order valence-electron chi connectivity index (χ1n) is 8.12. The maximum atomic E-state index is 4.68. The molecule has 2 unspecified atom stereocenters. The molecule has 0 bridgehead atoms. The molecule has 1 heterocycles. The van der Waals surface area contributed by atoms with E-state index in [1.165, 1.54) is 49.4 Å². The Bertz CT molecular complexity index is 411. The van der Waals surface area contributed by atoms with Gasteiger partial charge < -0.3 is 5.32 Å². The highest BCUT2D eigenvalue weighted by Crippen LogP contribution is 2.43. The summed E-state index contributed by atoms with van der Waals surface area (Å²) in [5, 5.41) is 7.16. The van der Waals surface area contributed by atoms with Gasteiger partial charge in [-0.15, -0.1) is 11.3 Å². The number of thiazole rings is 1. The van der Waals surface area contributed by atoms with Crippen LogP contribution in [0.3, 0.4) is 0 Å². The predicted octanol–water partition coefficient (Wildman–Crippen LogP) is 4.44. The van der Waals surface area contributed by atoms with Gasteiger partial charge in [0.15, 0.2) is 0 Å². The molecule has 0 radical (unpaired) electrons. The minimum absolute atomic E-state index is 0.512. The van der Waals surface area contributed by atoms with E-state index in [0.717, 1.165) is 18.4 Å². The first-order valence-corrected chi connectivity index (χ1v) is 9.00. The lowest BCUT2D eigenvalue weighted by molar-refractivity contribution is 0.116. The summed E-state index contributed by atoms with van der Waals surface area (Å²) in [4.78, 5) is 4.68. The zero-order valence-corrected chi connectivity index (χ0v) is 14.4. The van der Waals surface area contributed by atoms with E-state index in [1.807, 2.05) is 11.3 Å². The summed E-state index contributed by atoms with van der Waals surface area (Å²) >= 11 is 1.84. The van der Waals surface area contributed by atoms with Crippen molar-refractivity contribution in [1.29, 1.82) is 0 Å². The van der Waals surface area contributed by atoms with Crippen LogP contribution in [0.5, 0.6) is 0 Å². The summed E-state index contributed by atoms with van der Waals surface area (Å²) < 4.78 is 0. The number of nitrogens with one attached hydrogen (secondary N) is 1. The van der Waals surface area contributed by atoms with E-state index in [-0.39, 0.29) is 0 Å². The molecule has 0 aromatic carbocycles. The Balaban J connectivity index is 1.98. The summed E-state index contributed by atoms with van der Waals surface area (Å²) in [7, 11) is 0. The van der Waals surface area contributed by atoms with Crippen molar-refractivity contribution in [1.82, 2.24) is 10.3 Å². The van der Waals surface area contributed by atoms with Gasteiger partial charge in [-0.1, -0.05) is 20.8 Å². The number of hydrogen-bond donors (Lipinski definition) is 1. The fourth-order valence-electron chi connectivity index (χ4n) is 3.48. The van der Waals surface area contributed by atoms with Gasteiger partial charge in [0, 0.05) is 17.5 Å². The Kier molecular flexibility index (Phi) is 5.62. The van der Waals surface area contributed by atoms with Gasteiger partial charge in [-0.3, -0.25) is 0 Å². The molecule has 0 spiro atoms. The summed E-state index contributed by atoms with van der Waals surface area (Å²) in [5.74, 6) is 1.63. The first kappa shape index (κ1) is 16.0. The average Bonchev–Trinajstić information content (AvgIpc) is 2.77. The van der Waals surface area contributed by atoms with Crippen LogP contribution in [0.25, 0.3) is 0 Å². The van der Waals surface area contributed by atoms with E-state index >= 15 is 0 Å². The highest BCUT2D eigenvalue weighted by atomic mass is 32.1. The molecule has 1 N–H and O–H groups in total. The summed E-state index contributed by atoms with van der Waals surface area (Å²) in [6, 6.07) is 0. The van der Waals surface area contributed by atoms with Gasteiger partial charge in [0.05, 0.1) is 5.01 Å². The quantitative estimate of drug-likeness (QED) is 0.785. The lowest BCUT2D eigenvalue weighted by Gasteiger charge is -2.41. The largest absolute Gasteiger partial charge is 0.316 e. The van der Waals surface area contributed by atoms with Crippen molar-refractivity contribution in [3.05, 3.63) is 16.1 Å². The van der Waals surface area contributed by atoms with Gasteiger partial charge in [0.1, 0.15) is 0 Å². The molecule has 0 amide bonds. The number of rotatable bonds is 6. The molecule has 2 rings (SSSR count). The SMILES string of the molecule is CCCNCC1CCC(C)(C)CC1Cc1nc(C)cs1. The van der Waals surface area contributed by atoms with Crippen molar-refractivity contribution in [2.75, 3.05) is 13.1 Å². The lowest BCUT2D eigenvalue weighted by atomic mass is 9.66. The van der Waals surface area contributed by atoms with Crippen LogP contribution in [-0.2, 0) is 6.42 Å². The maximum Gasteiger partial charge on any atom is 0.0930 e. The fourth-order valence-corrected chi connectivity index (χ4v) is 4.35. The normalized spacial score (nSPS) is 25.8. The van der Waals surface area contributed by atoms with Crippen LogP contribution < -0.4 is 5.32 Å². The van der Waals surface area contributed by atoms with Crippen molar-refractivity contribution >= 4 is 11.3 Å². The molecule has 1 aromatic heterocycles. The van der Waals surface area contributed by atoms with Crippen LogP contribution >= 0.6 is 11.3 Å². The third-order valence-corrected chi connectivity index (χ3v) is 5.60. The smallest absolute Gasteiger partial charge is 0.0930 e. The maximum absolute atomic E-state index is 4.68. The van der Waals surface area contributed by atoms with Gasteiger partial charge >= 0.3 is 0 Å². The van der Waals surface area contributed by atoms with Gasteiger partial charge in [-0.05, 0) is 62.9 Å². The monoisotopic (exact) mass is 294 g/mol. The standard InChI is InChI=1S/C17H30N2S/c1-5-8-18-11-14-6-7-17(3,4)10-15(14)9-16-19-13(2)12-20-16/h12,14-15,18H,5-11H2,1-4H3. The Morgan fingerprint density at radius 3 is 2.85 bits per heavy atom. The Labute approximate surface area is 128 Å². The second kappa shape index (κ2) is 7.04. The number of hydrogen-bond acceptors (Lipinski definition) is 3. The molecular formula is C17H30N2S. The number of aromatic nitrogens is 1. The molecule has 1 aliphatic rings. The van der Waals surface area contributed by atoms with E-state index in [0.29, 0.717) is 5.41 Å². The first-order chi connectivity index (χ1) is 9.50. The zero-order chi connectivity index (χ0) is 14.6. The highest BCUT2D eigenvalue weighted by molar-refractivity contribution is 7.09. The minimum Gasteiger partial charge on any atom is -0.316 e. The molecule has 1 aromatic rings. The van der Waals surface area contributed by atoms with Crippen LogP contribution in [0.15, 0.2) is 5.38 Å². The van der Waals surface area contributed by atoms with E-state index in [4.69, 9.17) is 0 Å². The van der Waals surface area contributed by atoms with E-state index in [2.05, 4.69) is 43.4 Å². The van der Waals surface area contributed by atoms with Gasteiger partial charge in [-0.25, -0.2) is 4.98 Å². The second-order valence-electron chi connectivity index (χ2n) is 7.22. The molecule has 1 fully saturated rings. The zero-order valence-electron chi connectivity index (χ0n) is 13.5. The molecule has 1 saturated carbocycles. The predicted molar refractivity (Wildman–Crippen MR) is 88.3 cm³/mol. The highest BCUT2D eigenvalue weighted by Gasteiger charge is 2.34. The Hall–Kier alpha value is -0.410. The topological polar surface area (TPSA) is 24.9 Å². The van der Waals surface area contributed by atoms with Crippen molar-refractivity contribution < 1.29 is 0 Å². The molecule has 2 atom stereocenters. The van der Waals surface area contributed by atoms with Crippen molar-refractivity contribution in [3.63, 3.8) is 0 Å². The number of nitrogens with zero attached hydrogens (tertiary/aromatic N) is 1. The van der Waals surface area contributed by atoms with Crippen LogP contribution in [0, 0.1) is 24.2 Å². The fraction of sp³-hybridized carbons (Fsp3) is 0.824. The molecule has 114 valence electrons. The molecule has 2 nitrogen and oxygen atoms in total. The molecule has 0 saturated heterocycles. The Morgan fingerprint density at radius 2 is 2.20 bits per heavy atom. The van der Waals surface area contributed by atoms with Crippen LogP contribution in [0.4, 0.5) is 0 Å². The third-order valence-electron chi connectivity index (χ3n) is 4.61. The van der Waals surface area contributed by atoms with E-state index < -0.39 is 0 Å². The molecule has 0 aliphatic heterocycles. The number of aryl methyl sites for hydroxylation is 1. The lowest BCUT2D eigenvalue weighted by Crippen LogP contribution is -2.37. The van der Waals surface area contributed by atoms with Gasteiger partial charge in [0.2, 0.25) is 0 Å². The van der Waals surface area contributed by atoms with Crippen LogP contribution in [-0.4, -0.2) is 18.1 Å². The van der Waals surface area contributed by atoms with Crippen molar-refractivity contribution in [2.45, 2.75) is 59.8 Å². The second-order valence-corrected chi connectivity index (χ2v) is 8.16. The van der Waals surface area contributed by atoms with Gasteiger partial charge in [-0.2, -0.15) is 0 Å². The van der Waals surface area contributed by atoms with Crippen molar-refractivity contribution in [3.8, 4) is 0 Å². The summed E-state index contributed by atoms with van der Waals surface area (Å²) in [5.41, 5.74) is 1.69. The summed E-state index contributed by atoms with van der Waals surface area (Å²) in [6.07, 6.45) is 6.51. The van der Waals surface area contributed by atoms with Crippen molar-refractivity contribution in [2.24, 2.45) is 17.3 Å². The van der Waals surface area contributed by atoms with Gasteiger partial charge in [0.25, 0.3) is 0 Å². The molecular weight excluding hydrogens is 264 g/mol. The minimum atomic E-state index is 0.512. The average molecular weight is 295 g/mol. The van der Waals surface area contributed by atoms with Crippen LogP contribution in [0.1, 0.15) is 57.2 Å². The molecule has 1 aliphatic carbocycles. The van der Waals surface area contributed by atoms with E-state index in [9.17, 15) is 0 Å². The summed E-state index contributed by atoms with van der Waals surface area (Å²) in [6.45, 7) is 11.6. The third kappa shape index (κ3) is 4.56.